The molecule has 2 rings (SSSR count). The molecule has 1 saturated heterocycles. The van der Waals surface area contributed by atoms with Crippen molar-refractivity contribution in [2.45, 2.75) is 40.2 Å². The van der Waals surface area contributed by atoms with E-state index in [1.54, 1.807) is 6.92 Å². The Morgan fingerprint density at radius 2 is 2.00 bits per heavy atom. The maximum atomic E-state index is 12.2. The predicted octanol–water partition coefficient (Wildman–Crippen LogP) is 1.03. The fraction of sp³-hybridized carbons (Fsp3) is 0.733. The number of hydrogen-bond donors (Lipinski definition) is 1. The van der Waals surface area contributed by atoms with E-state index in [1.165, 1.54) is 0 Å². The van der Waals surface area contributed by atoms with Gasteiger partial charge in [0.25, 0.3) is 5.91 Å². The standard InChI is InChI=1S/C15H24N2O4/c1-10-13(21-6-5-20-10)14(19)16-11-7-12(18)17(8-11)9-15(2,3)4/h11H,5-9H2,1-4H3,(H,16,19)/t11-/m0/s1. The van der Waals surface area contributed by atoms with Crippen LogP contribution >= 0.6 is 0 Å². The molecule has 2 heterocycles. The van der Waals surface area contributed by atoms with Crippen LogP contribution in [0.3, 0.4) is 0 Å². The zero-order chi connectivity index (χ0) is 15.6. The summed E-state index contributed by atoms with van der Waals surface area (Å²) in [5.74, 6) is 0.502. The number of ether oxygens (including phenoxy) is 2. The molecule has 1 atom stereocenters. The van der Waals surface area contributed by atoms with Crippen molar-refractivity contribution in [3.63, 3.8) is 0 Å². The van der Waals surface area contributed by atoms with Gasteiger partial charge in [-0.15, -0.1) is 0 Å². The summed E-state index contributed by atoms with van der Waals surface area (Å²) in [4.78, 5) is 26.0. The number of likely N-dealkylation sites (tertiary alicyclic amines) is 1. The summed E-state index contributed by atoms with van der Waals surface area (Å²) in [5.41, 5.74) is 0.0496. The molecule has 0 aromatic rings. The molecule has 2 amide bonds. The van der Waals surface area contributed by atoms with Gasteiger partial charge in [-0.1, -0.05) is 20.8 Å². The van der Waals surface area contributed by atoms with Crippen molar-refractivity contribution in [1.29, 1.82) is 0 Å². The third-order valence-corrected chi connectivity index (χ3v) is 3.39. The number of carbonyl (C=O) groups excluding carboxylic acids is 2. The van der Waals surface area contributed by atoms with E-state index in [0.717, 1.165) is 0 Å². The Kier molecular flexibility index (Phi) is 4.44. The van der Waals surface area contributed by atoms with Gasteiger partial charge in [-0.05, 0) is 12.3 Å². The number of nitrogens with one attached hydrogen (secondary N) is 1. The highest BCUT2D eigenvalue weighted by Gasteiger charge is 2.34. The van der Waals surface area contributed by atoms with E-state index < -0.39 is 0 Å². The van der Waals surface area contributed by atoms with E-state index >= 15 is 0 Å². The molecule has 2 aliphatic rings. The van der Waals surface area contributed by atoms with Gasteiger partial charge < -0.3 is 19.7 Å². The number of amides is 2. The minimum atomic E-state index is -0.303. The number of rotatable bonds is 3. The van der Waals surface area contributed by atoms with Gasteiger partial charge in [-0.25, -0.2) is 0 Å². The first-order valence-corrected chi connectivity index (χ1v) is 7.31. The average molecular weight is 296 g/mol. The fourth-order valence-electron chi connectivity index (χ4n) is 2.58. The summed E-state index contributed by atoms with van der Waals surface area (Å²) in [6.45, 7) is 10.1. The third-order valence-electron chi connectivity index (χ3n) is 3.39. The van der Waals surface area contributed by atoms with Gasteiger partial charge in [-0.2, -0.15) is 0 Å². The molecular formula is C15H24N2O4. The molecule has 1 N–H and O–H groups in total. The maximum absolute atomic E-state index is 12.2. The lowest BCUT2D eigenvalue weighted by atomic mass is 9.96. The topological polar surface area (TPSA) is 67.9 Å². The molecule has 0 aromatic carbocycles. The molecule has 0 radical (unpaired) electrons. The van der Waals surface area contributed by atoms with Crippen LogP contribution in [0.2, 0.25) is 0 Å². The minimum absolute atomic E-state index is 0.0496. The molecule has 6 nitrogen and oxygen atoms in total. The molecule has 6 heteroatoms. The van der Waals surface area contributed by atoms with Crippen LogP contribution in [0.15, 0.2) is 11.5 Å². The molecule has 0 spiro atoms. The quantitative estimate of drug-likeness (QED) is 0.844. The van der Waals surface area contributed by atoms with Crippen LogP contribution in [0.5, 0.6) is 0 Å². The van der Waals surface area contributed by atoms with Crippen LogP contribution < -0.4 is 5.32 Å². The lowest BCUT2D eigenvalue weighted by molar-refractivity contribution is -0.128. The molecule has 0 saturated carbocycles. The van der Waals surface area contributed by atoms with Gasteiger partial charge in [0, 0.05) is 19.5 Å². The van der Waals surface area contributed by atoms with Crippen LogP contribution in [0.25, 0.3) is 0 Å². The zero-order valence-corrected chi connectivity index (χ0v) is 13.2. The number of allylic oxidation sites excluding steroid dienone is 1. The Morgan fingerprint density at radius 1 is 1.33 bits per heavy atom. The second-order valence-electron chi connectivity index (χ2n) is 6.79. The number of carbonyl (C=O) groups is 2. The third kappa shape index (κ3) is 4.12. The van der Waals surface area contributed by atoms with Crippen molar-refractivity contribution in [2.24, 2.45) is 5.41 Å². The highest BCUT2D eigenvalue weighted by atomic mass is 16.6. The highest BCUT2D eigenvalue weighted by Crippen LogP contribution is 2.21. The van der Waals surface area contributed by atoms with Crippen LogP contribution in [0.4, 0.5) is 0 Å². The lowest BCUT2D eigenvalue weighted by Gasteiger charge is -2.26. The summed E-state index contributed by atoms with van der Waals surface area (Å²) >= 11 is 0. The second-order valence-corrected chi connectivity index (χ2v) is 6.79. The molecule has 2 aliphatic heterocycles. The summed E-state index contributed by atoms with van der Waals surface area (Å²) in [7, 11) is 0. The van der Waals surface area contributed by atoms with E-state index in [4.69, 9.17) is 9.47 Å². The highest BCUT2D eigenvalue weighted by molar-refractivity contribution is 5.93. The van der Waals surface area contributed by atoms with E-state index in [0.29, 0.717) is 38.5 Å². The number of hydrogen-bond acceptors (Lipinski definition) is 4. The second kappa shape index (κ2) is 5.95. The molecular weight excluding hydrogens is 272 g/mol. The van der Waals surface area contributed by atoms with E-state index in [2.05, 4.69) is 26.1 Å². The van der Waals surface area contributed by atoms with Gasteiger partial charge >= 0.3 is 0 Å². The molecule has 21 heavy (non-hydrogen) atoms. The van der Waals surface area contributed by atoms with Crippen molar-refractivity contribution in [2.75, 3.05) is 26.3 Å². The van der Waals surface area contributed by atoms with E-state index in [-0.39, 0.29) is 29.0 Å². The first kappa shape index (κ1) is 15.7. The van der Waals surface area contributed by atoms with Crippen LogP contribution in [-0.4, -0.2) is 49.1 Å². The van der Waals surface area contributed by atoms with Gasteiger partial charge in [-0.3, -0.25) is 9.59 Å². The Labute approximate surface area is 125 Å². The molecule has 0 bridgehead atoms. The average Bonchev–Trinajstić information content (AvgIpc) is 2.67. The first-order chi connectivity index (χ1) is 9.76. The lowest BCUT2D eigenvalue weighted by Crippen LogP contribution is -2.40. The summed E-state index contributed by atoms with van der Waals surface area (Å²) in [6.07, 6.45) is 0.342. The number of nitrogens with zero attached hydrogens (tertiary/aromatic N) is 1. The van der Waals surface area contributed by atoms with Crippen LogP contribution in [-0.2, 0) is 19.1 Å². The molecule has 0 unspecified atom stereocenters. The molecule has 118 valence electrons. The normalized spacial score (nSPS) is 23.0. The Hall–Kier alpha value is -1.72. The molecule has 0 aromatic heterocycles. The molecule has 1 fully saturated rings. The SMILES string of the molecule is CC1=C(C(=O)N[C@H]2CC(=O)N(CC(C)(C)C)C2)OCCO1. The van der Waals surface area contributed by atoms with Crippen molar-refractivity contribution < 1.29 is 19.1 Å². The Balaban J connectivity index is 1.93. The van der Waals surface area contributed by atoms with Gasteiger partial charge in [0.05, 0.1) is 6.04 Å². The zero-order valence-electron chi connectivity index (χ0n) is 13.2. The minimum Gasteiger partial charge on any atom is -0.491 e. The van der Waals surface area contributed by atoms with E-state index in [1.807, 2.05) is 4.90 Å². The summed E-state index contributed by atoms with van der Waals surface area (Å²) in [5, 5.41) is 2.86. The largest absolute Gasteiger partial charge is 0.491 e. The van der Waals surface area contributed by atoms with Crippen molar-refractivity contribution in [1.82, 2.24) is 10.2 Å². The monoisotopic (exact) mass is 296 g/mol. The smallest absolute Gasteiger partial charge is 0.290 e. The van der Waals surface area contributed by atoms with Crippen LogP contribution in [0.1, 0.15) is 34.1 Å². The summed E-state index contributed by atoms with van der Waals surface area (Å²) in [6, 6.07) is -0.168. The van der Waals surface area contributed by atoms with Gasteiger partial charge in [0.1, 0.15) is 19.0 Å². The van der Waals surface area contributed by atoms with E-state index in [9.17, 15) is 9.59 Å². The Bertz CT molecular complexity index is 465. The fourth-order valence-corrected chi connectivity index (χ4v) is 2.58. The van der Waals surface area contributed by atoms with Gasteiger partial charge in [0.2, 0.25) is 11.7 Å². The van der Waals surface area contributed by atoms with Gasteiger partial charge in [0.15, 0.2) is 0 Å². The Morgan fingerprint density at radius 3 is 2.62 bits per heavy atom. The predicted molar refractivity (Wildman–Crippen MR) is 77.2 cm³/mol. The summed E-state index contributed by atoms with van der Waals surface area (Å²) < 4.78 is 10.6. The maximum Gasteiger partial charge on any atom is 0.290 e. The van der Waals surface area contributed by atoms with Crippen molar-refractivity contribution >= 4 is 11.8 Å². The first-order valence-electron chi connectivity index (χ1n) is 7.31. The van der Waals surface area contributed by atoms with Crippen molar-refractivity contribution in [3.8, 4) is 0 Å². The van der Waals surface area contributed by atoms with Crippen molar-refractivity contribution in [3.05, 3.63) is 11.5 Å². The van der Waals surface area contributed by atoms with Crippen LogP contribution in [0, 0.1) is 5.41 Å². The molecule has 0 aliphatic carbocycles.